The molecule has 4 rings (SSSR count). The van der Waals surface area contributed by atoms with E-state index < -0.39 is 11.7 Å². The Kier molecular flexibility index (Phi) is 6.82. The van der Waals surface area contributed by atoms with Crippen LogP contribution in [0.25, 0.3) is 0 Å². The van der Waals surface area contributed by atoms with Crippen molar-refractivity contribution in [3.05, 3.63) is 70.8 Å². The molecule has 2 aromatic rings. The van der Waals surface area contributed by atoms with Gasteiger partial charge in [-0.15, -0.1) is 0 Å². The Bertz CT molecular complexity index is 941. The second-order valence-corrected chi connectivity index (χ2v) is 9.27. The van der Waals surface area contributed by atoms with Crippen LogP contribution in [-0.2, 0) is 16.5 Å². The van der Waals surface area contributed by atoms with Gasteiger partial charge in [0.05, 0.1) is 11.2 Å². The van der Waals surface area contributed by atoms with Crippen molar-refractivity contribution in [2.75, 3.05) is 40.3 Å². The first-order valence-corrected chi connectivity index (χ1v) is 11.5. The zero-order chi connectivity index (χ0) is 23.6. The van der Waals surface area contributed by atoms with Crippen LogP contribution in [0.15, 0.2) is 48.5 Å². The highest BCUT2D eigenvalue weighted by Crippen LogP contribution is 2.36. The fourth-order valence-electron chi connectivity index (χ4n) is 5.05. The molecule has 4 nitrogen and oxygen atoms in total. The summed E-state index contributed by atoms with van der Waals surface area (Å²) < 4.78 is 44.3. The smallest absolute Gasteiger partial charge is 0.373 e. The quantitative estimate of drug-likeness (QED) is 0.621. The number of piperidine rings is 2. The standard InChI is InChI=1S/C26H31F3N2O2/c1-30-17-13-25(33-2,14-18-30)22-7-5-21(6-8-22)24(32)31-15-11-20(12-16-31)19-3-9-23(10-4-19)26(27,28)29/h3-10,20H,11-18H2,1-2H3. The van der Waals surface area contributed by atoms with Gasteiger partial charge in [-0.25, -0.2) is 0 Å². The average molecular weight is 461 g/mol. The highest BCUT2D eigenvalue weighted by molar-refractivity contribution is 5.94. The summed E-state index contributed by atoms with van der Waals surface area (Å²) in [5.41, 5.74) is 1.75. The Morgan fingerprint density at radius 1 is 0.939 bits per heavy atom. The number of hydrogen-bond donors (Lipinski definition) is 0. The molecule has 0 aromatic heterocycles. The number of benzene rings is 2. The molecule has 2 fully saturated rings. The number of alkyl halides is 3. The molecule has 0 saturated carbocycles. The van der Waals surface area contributed by atoms with Gasteiger partial charge in [0.15, 0.2) is 0 Å². The van der Waals surface area contributed by atoms with Crippen LogP contribution in [0.1, 0.15) is 58.6 Å². The van der Waals surface area contributed by atoms with Gasteiger partial charge >= 0.3 is 6.18 Å². The summed E-state index contributed by atoms with van der Waals surface area (Å²) in [5, 5.41) is 0. The molecular formula is C26H31F3N2O2. The number of halogens is 3. The molecule has 0 bridgehead atoms. The minimum atomic E-state index is -4.32. The molecule has 2 heterocycles. The topological polar surface area (TPSA) is 32.8 Å². The summed E-state index contributed by atoms with van der Waals surface area (Å²) >= 11 is 0. The monoisotopic (exact) mass is 460 g/mol. The molecule has 0 radical (unpaired) electrons. The van der Waals surface area contributed by atoms with Crippen molar-refractivity contribution >= 4 is 5.91 Å². The molecule has 2 saturated heterocycles. The van der Waals surface area contributed by atoms with E-state index in [1.807, 2.05) is 29.2 Å². The predicted molar refractivity (Wildman–Crippen MR) is 121 cm³/mol. The van der Waals surface area contributed by atoms with Gasteiger partial charge in [-0.05, 0) is 74.0 Å². The second kappa shape index (κ2) is 9.47. The molecule has 0 aliphatic carbocycles. The molecule has 178 valence electrons. The van der Waals surface area contributed by atoms with E-state index in [1.165, 1.54) is 0 Å². The minimum absolute atomic E-state index is 0.00210. The average Bonchev–Trinajstić information content (AvgIpc) is 2.84. The van der Waals surface area contributed by atoms with Gasteiger partial charge in [0.1, 0.15) is 0 Å². The lowest BCUT2D eigenvalue weighted by Gasteiger charge is -2.40. The number of hydrogen-bond acceptors (Lipinski definition) is 3. The molecular weight excluding hydrogens is 429 g/mol. The van der Waals surface area contributed by atoms with Gasteiger partial charge in [-0.2, -0.15) is 13.2 Å². The van der Waals surface area contributed by atoms with Crippen LogP contribution < -0.4 is 0 Å². The summed E-state index contributed by atoms with van der Waals surface area (Å²) in [5.74, 6) is 0.173. The summed E-state index contributed by atoms with van der Waals surface area (Å²) in [7, 11) is 3.87. The molecule has 0 unspecified atom stereocenters. The summed E-state index contributed by atoms with van der Waals surface area (Å²) in [6.07, 6.45) is -0.986. The number of carbonyl (C=O) groups excluding carboxylic acids is 1. The first-order chi connectivity index (χ1) is 15.7. The van der Waals surface area contributed by atoms with Crippen molar-refractivity contribution < 1.29 is 22.7 Å². The highest BCUT2D eigenvalue weighted by Gasteiger charge is 2.36. The fourth-order valence-corrected chi connectivity index (χ4v) is 5.05. The molecule has 2 aliphatic heterocycles. The van der Waals surface area contributed by atoms with Crippen molar-refractivity contribution in [1.29, 1.82) is 0 Å². The van der Waals surface area contributed by atoms with E-state index in [0.717, 1.165) is 62.0 Å². The van der Waals surface area contributed by atoms with Crippen LogP contribution in [0.3, 0.4) is 0 Å². The van der Waals surface area contributed by atoms with Crippen LogP contribution in [0.5, 0.6) is 0 Å². The van der Waals surface area contributed by atoms with Crippen LogP contribution in [-0.4, -0.2) is 56.0 Å². The van der Waals surface area contributed by atoms with Gasteiger partial charge in [0, 0.05) is 38.9 Å². The van der Waals surface area contributed by atoms with E-state index in [1.54, 1.807) is 19.2 Å². The lowest BCUT2D eigenvalue weighted by molar-refractivity contribution is -0.137. The third kappa shape index (κ3) is 5.09. The minimum Gasteiger partial charge on any atom is -0.373 e. The summed E-state index contributed by atoms with van der Waals surface area (Å²) in [4.78, 5) is 17.2. The van der Waals surface area contributed by atoms with Gasteiger partial charge < -0.3 is 14.5 Å². The summed E-state index contributed by atoms with van der Waals surface area (Å²) in [6, 6.07) is 13.2. The zero-order valence-corrected chi connectivity index (χ0v) is 19.2. The Morgan fingerprint density at radius 2 is 1.52 bits per heavy atom. The van der Waals surface area contributed by atoms with Crippen molar-refractivity contribution in [2.24, 2.45) is 0 Å². The Labute approximate surface area is 193 Å². The molecule has 33 heavy (non-hydrogen) atoms. The van der Waals surface area contributed by atoms with E-state index in [2.05, 4.69) is 11.9 Å². The predicted octanol–water partition coefficient (Wildman–Crippen LogP) is 5.29. The number of ether oxygens (including phenoxy) is 1. The Morgan fingerprint density at radius 3 is 2.03 bits per heavy atom. The first kappa shape index (κ1) is 23.8. The van der Waals surface area contributed by atoms with Gasteiger partial charge in [0.25, 0.3) is 5.91 Å². The molecule has 0 N–H and O–H groups in total. The van der Waals surface area contributed by atoms with E-state index in [0.29, 0.717) is 18.7 Å². The summed E-state index contributed by atoms with van der Waals surface area (Å²) in [6.45, 7) is 3.14. The van der Waals surface area contributed by atoms with Crippen LogP contribution in [0.4, 0.5) is 13.2 Å². The lowest BCUT2D eigenvalue weighted by atomic mass is 9.84. The van der Waals surface area contributed by atoms with Crippen molar-refractivity contribution in [1.82, 2.24) is 9.80 Å². The number of likely N-dealkylation sites (tertiary alicyclic amines) is 2. The number of nitrogens with zero attached hydrogens (tertiary/aromatic N) is 2. The molecule has 0 spiro atoms. The van der Waals surface area contributed by atoms with Gasteiger partial charge in [0.2, 0.25) is 0 Å². The zero-order valence-electron chi connectivity index (χ0n) is 19.2. The molecule has 2 aliphatic rings. The van der Waals surface area contributed by atoms with E-state index in [4.69, 9.17) is 4.74 Å². The first-order valence-electron chi connectivity index (χ1n) is 11.5. The van der Waals surface area contributed by atoms with Gasteiger partial charge in [-0.3, -0.25) is 4.79 Å². The highest BCUT2D eigenvalue weighted by atomic mass is 19.4. The lowest BCUT2D eigenvalue weighted by Crippen LogP contribution is -2.42. The van der Waals surface area contributed by atoms with E-state index >= 15 is 0 Å². The van der Waals surface area contributed by atoms with Crippen LogP contribution >= 0.6 is 0 Å². The number of rotatable bonds is 4. The third-order valence-corrected chi connectivity index (χ3v) is 7.33. The largest absolute Gasteiger partial charge is 0.416 e. The van der Waals surface area contributed by atoms with Gasteiger partial charge in [-0.1, -0.05) is 24.3 Å². The molecule has 0 atom stereocenters. The maximum atomic E-state index is 13.0. The maximum Gasteiger partial charge on any atom is 0.416 e. The maximum absolute atomic E-state index is 13.0. The number of methoxy groups -OCH3 is 1. The normalized spacial score (nSPS) is 20.1. The third-order valence-electron chi connectivity index (χ3n) is 7.33. The molecule has 1 amide bonds. The number of carbonyl (C=O) groups is 1. The van der Waals surface area contributed by atoms with Crippen LogP contribution in [0, 0.1) is 0 Å². The second-order valence-electron chi connectivity index (χ2n) is 9.27. The SMILES string of the molecule is COC1(c2ccc(C(=O)N3CCC(c4ccc(C(F)(F)F)cc4)CC3)cc2)CCN(C)CC1. The molecule has 2 aromatic carbocycles. The number of amides is 1. The van der Waals surface area contributed by atoms with E-state index in [-0.39, 0.29) is 17.4 Å². The van der Waals surface area contributed by atoms with Crippen LogP contribution in [0.2, 0.25) is 0 Å². The van der Waals surface area contributed by atoms with Crippen molar-refractivity contribution in [2.45, 2.75) is 43.4 Å². The Balaban J connectivity index is 1.37. The van der Waals surface area contributed by atoms with E-state index in [9.17, 15) is 18.0 Å². The fraction of sp³-hybridized carbons (Fsp3) is 0.500. The van der Waals surface area contributed by atoms with Crippen molar-refractivity contribution in [3.63, 3.8) is 0 Å². The Hall–Kier alpha value is -2.38. The molecule has 7 heteroatoms. The van der Waals surface area contributed by atoms with Crippen molar-refractivity contribution in [3.8, 4) is 0 Å².